The Morgan fingerprint density at radius 2 is 1.93 bits per heavy atom. The smallest absolute Gasteiger partial charge is 0.414 e. The summed E-state index contributed by atoms with van der Waals surface area (Å²) in [7, 11) is 0. The van der Waals surface area contributed by atoms with Gasteiger partial charge in [-0.05, 0) is 42.2 Å². The van der Waals surface area contributed by atoms with Crippen LogP contribution in [0.5, 0.6) is 0 Å². The van der Waals surface area contributed by atoms with Crippen molar-refractivity contribution in [2.75, 3.05) is 0 Å². The summed E-state index contributed by atoms with van der Waals surface area (Å²) in [6.07, 6.45) is 12.9. The van der Waals surface area contributed by atoms with Crippen molar-refractivity contribution >= 4 is 6.09 Å². The molecule has 0 aromatic heterocycles. The normalized spacial score (nSPS) is 27.6. The summed E-state index contributed by atoms with van der Waals surface area (Å²) in [6.45, 7) is 9.02. The maximum Gasteiger partial charge on any atom is 0.414 e. The van der Waals surface area contributed by atoms with E-state index in [4.69, 9.17) is 4.74 Å². The van der Waals surface area contributed by atoms with E-state index < -0.39 is 0 Å². The minimum Gasteiger partial charge on any atom is -0.446 e. The molecule has 1 saturated carbocycles. The number of benzene rings is 1. The largest absolute Gasteiger partial charge is 0.446 e. The number of amides is 1. The van der Waals surface area contributed by atoms with E-state index >= 15 is 0 Å². The van der Waals surface area contributed by atoms with Crippen LogP contribution in [-0.4, -0.2) is 23.1 Å². The molecule has 4 atom stereocenters. The first kappa shape index (κ1) is 20.7. The van der Waals surface area contributed by atoms with Gasteiger partial charge in [-0.1, -0.05) is 83.0 Å². The van der Waals surface area contributed by atoms with Crippen molar-refractivity contribution in [3.05, 3.63) is 60.3 Å². The molecule has 0 bridgehead atoms. The van der Waals surface area contributed by atoms with Gasteiger partial charge in [-0.25, -0.2) is 4.79 Å². The molecule has 1 amide bonds. The number of allylic oxidation sites excluding steroid dienone is 2. The third kappa shape index (κ3) is 4.51. The molecule has 1 aliphatic carbocycles. The molecule has 0 saturated heterocycles. The van der Waals surface area contributed by atoms with Crippen LogP contribution in [0.4, 0.5) is 4.79 Å². The van der Waals surface area contributed by atoms with E-state index in [0.717, 1.165) is 25.7 Å². The maximum absolute atomic E-state index is 13.1. The summed E-state index contributed by atoms with van der Waals surface area (Å²) in [5, 5.41) is 0. The molecule has 1 heterocycles. The number of hydrogen-bond acceptors (Lipinski definition) is 2. The molecule has 3 nitrogen and oxygen atoms in total. The van der Waals surface area contributed by atoms with Crippen LogP contribution in [0.25, 0.3) is 0 Å². The fourth-order valence-corrected chi connectivity index (χ4v) is 4.82. The van der Waals surface area contributed by atoms with E-state index in [1.807, 2.05) is 18.4 Å². The topological polar surface area (TPSA) is 29.5 Å². The number of nitrogens with zero attached hydrogens (tertiary/aromatic N) is 1. The van der Waals surface area contributed by atoms with E-state index in [2.05, 4.69) is 64.1 Å². The van der Waals surface area contributed by atoms with Crippen LogP contribution in [0.3, 0.4) is 0 Å². The van der Waals surface area contributed by atoms with Crippen LogP contribution in [0.2, 0.25) is 0 Å². The second kappa shape index (κ2) is 8.98. The van der Waals surface area contributed by atoms with Crippen LogP contribution in [0, 0.1) is 11.8 Å². The van der Waals surface area contributed by atoms with Crippen molar-refractivity contribution in [1.29, 1.82) is 0 Å². The van der Waals surface area contributed by atoms with Crippen molar-refractivity contribution < 1.29 is 9.53 Å². The van der Waals surface area contributed by atoms with Gasteiger partial charge < -0.3 is 4.74 Å². The number of rotatable bonds is 5. The first-order valence-electron chi connectivity index (χ1n) is 10.8. The maximum atomic E-state index is 13.1. The lowest BCUT2D eigenvalue weighted by Gasteiger charge is -2.44. The summed E-state index contributed by atoms with van der Waals surface area (Å²) >= 11 is 0. The monoisotopic (exact) mass is 381 g/mol. The first-order valence-corrected chi connectivity index (χ1v) is 10.8. The summed E-state index contributed by atoms with van der Waals surface area (Å²) in [5.41, 5.74) is 1.28. The van der Waals surface area contributed by atoms with Gasteiger partial charge in [0.1, 0.15) is 6.10 Å². The quantitative estimate of drug-likeness (QED) is 0.586. The molecule has 1 fully saturated rings. The molecule has 0 radical (unpaired) electrons. The predicted octanol–water partition coefficient (Wildman–Crippen LogP) is 6.46. The Morgan fingerprint density at radius 1 is 1.18 bits per heavy atom. The fourth-order valence-electron chi connectivity index (χ4n) is 4.82. The SMILES string of the molecule is CCC[C@@H]1C=CC=CN1C(=O)OC1CC(C)CCC1C(C)(C)c1ccccc1. The van der Waals surface area contributed by atoms with Gasteiger partial charge in [-0.15, -0.1) is 0 Å². The number of hydrogen-bond donors (Lipinski definition) is 0. The van der Waals surface area contributed by atoms with Crippen LogP contribution in [0.1, 0.15) is 65.4 Å². The highest BCUT2D eigenvalue weighted by Gasteiger charge is 2.42. The van der Waals surface area contributed by atoms with E-state index in [-0.39, 0.29) is 23.7 Å². The molecule has 3 rings (SSSR count). The molecule has 0 spiro atoms. The first-order chi connectivity index (χ1) is 13.4. The highest BCUT2D eigenvalue weighted by molar-refractivity contribution is 5.70. The molecule has 1 aromatic rings. The van der Waals surface area contributed by atoms with Gasteiger partial charge in [0.05, 0.1) is 6.04 Å². The zero-order valence-electron chi connectivity index (χ0n) is 17.8. The molecule has 1 aliphatic heterocycles. The lowest BCUT2D eigenvalue weighted by molar-refractivity contribution is -0.0159. The zero-order valence-corrected chi connectivity index (χ0v) is 17.8. The number of carbonyl (C=O) groups excluding carboxylic acids is 1. The summed E-state index contributed by atoms with van der Waals surface area (Å²) in [4.78, 5) is 14.9. The number of ether oxygens (including phenoxy) is 1. The van der Waals surface area contributed by atoms with E-state index in [0.29, 0.717) is 11.8 Å². The average Bonchev–Trinajstić information content (AvgIpc) is 2.69. The summed E-state index contributed by atoms with van der Waals surface area (Å²) in [6, 6.07) is 10.8. The van der Waals surface area contributed by atoms with Gasteiger partial charge in [0.25, 0.3) is 0 Å². The minimum absolute atomic E-state index is 0.0349. The molecule has 152 valence electrons. The van der Waals surface area contributed by atoms with Gasteiger partial charge in [0, 0.05) is 12.1 Å². The van der Waals surface area contributed by atoms with Crippen LogP contribution >= 0.6 is 0 Å². The van der Waals surface area contributed by atoms with Crippen LogP contribution in [0.15, 0.2) is 54.8 Å². The van der Waals surface area contributed by atoms with E-state index in [1.54, 1.807) is 4.90 Å². The Balaban J connectivity index is 1.78. The summed E-state index contributed by atoms with van der Waals surface area (Å²) in [5.74, 6) is 0.910. The second-order valence-electron chi connectivity index (χ2n) is 9.02. The predicted molar refractivity (Wildman–Crippen MR) is 115 cm³/mol. The van der Waals surface area contributed by atoms with Gasteiger partial charge in [-0.3, -0.25) is 4.90 Å². The van der Waals surface area contributed by atoms with Crippen LogP contribution in [-0.2, 0) is 10.2 Å². The van der Waals surface area contributed by atoms with Crippen molar-refractivity contribution in [2.45, 2.75) is 77.4 Å². The Labute approximate surface area is 170 Å². The van der Waals surface area contributed by atoms with Crippen molar-refractivity contribution in [3.63, 3.8) is 0 Å². The Hall–Kier alpha value is -2.03. The molecule has 1 aromatic carbocycles. The van der Waals surface area contributed by atoms with Gasteiger partial charge >= 0.3 is 6.09 Å². The Kier molecular flexibility index (Phi) is 6.64. The van der Waals surface area contributed by atoms with Crippen molar-refractivity contribution in [3.8, 4) is 0 Å². The number of carbonyl (C=O) groups is 1. The van der Waals surface area contributed by atoms with Gasteiger partial charge in [0.15, 0.2) is 0 Å². The fraction of sp³-hybridized carbons (Fsp3) is 0.560. The average molecular weight is 382 g/mol. The molecule has 2 aliphatic rings. The highest BCUT2D eigenvalue weighted by Crippen LogP contribution is 2.43. The Morgan fingerprint density at radius 3 is 2.64 bits per heavy atom. The van der Waals surface area contributed by atoms with Crippen molar-refractivity contribution in [2.24, 2.45) is 11.8 Å². The molecular weight excluding hydrogens is 346 g/mol. The van der Waals surface area contributed by atoms with Gasteiger partial charge in [0.2, 0.25) is 0 Å². The van der Waals surface area contributed by atoms with Crippen LogP contribution < -0.4 is 0 Å². The molecule has 3 unspecified atom stereocenters. The zero-order chi connectivity index (χ0) is 20.1. The third-order valence-corrected chi connectivity index (χ3v) is 6.59. The lowest BCUT2D eigenvalue weighted by Crippen LogP contribution is -2.46. The molecule has 3 heteroatoms. The molecule has 28 heavy (non-hydrogen) atoms. The molecule has 0 N–H and O–H groups in total. The Bertz CT molecular complexity index is 707. The minimum atomic E-state index is -0.202. The standard InChI is InChI=1S/C25H35NO2/c1-5-11-21-14-9-10-17-26(21)24(27)28-23-18-19(2)15-16-22(23)25(3,4)20-12-7-6-8-13-20/h6-10,12-14,17,19,21-23H,5,11,15-16,18H2,1-4H3/t19?,21-,22?,23?/m1/s1. The highest BCUT2D eigenvalue weighted by atomic mass is 16.6. The summed E-state index contributed by atoms with van der Waals surface area (Å²) < 4.78 is 6.20. The molecular formula is C25H35NO2. The van der Waals surface area contributed by atoms with E-state index in [9.17, 15) is 4.79 Å². The van der Waals surface area contributed by atoms with E-state index in [1.165, 1.54) is 12.0 Å². The van der Waals surface area contributed by atoms with Crippen molar-refractivity contribution in [1.82, 2.24) is 4.90 Å². The second-order valence-corrected chi connectivity index (χ2v) is 9.02. The lowest BCUT2D eigenvalue weighted by atomic mass is 9.64. The third-order valence-electron chi connectivity index (χ3n) is 6.59. The van der Waals surface area contributed by atoms with Gasteiger partial charge in [-0.2, -0.15) is 0 Å².